The highest BCUT2D eigenvalue weighted by Gasteiger charge is 2.52. The molecular formula is C12H22BNO2. The van der Waals surface area contributed by atoms with E-state index in [-0.39, 0.29) is 18.3 Å². The van der Waals surface area contributed by atoms with Crippen LogP contribution in [-0.2, 0) is 9.31 Å². The van der Waals surface area contributed by atoms with Crippen molar-refractivity contribution in [3.63, 3.8) is 0 Å². The Morgan fingerprint density at radius 1 is 1.25 bits per heavy atom. The molecule has 90 valence electrons. The molecule has 0 aromatic carbocycles. The third-order valence-corrected chi connectivity index (χ3v) is 3.90. The second-order valence-corrected chi connectivity index (χ2v) is 5.82. The summed E-state index contributed by atoms with van der Waals surface area (Å²) < 4.78 is 12.1. The van der Waals surface area contributed by atoms with Gasteiger partial charge in [-0.2, -0.15) is 0 Å². The maximum atomic E-state index is 6.03. The molecule has 1 fully saturated rings. The predicted molar refractivity (Wildman–Crippen MR) is 66.2 cm³/mol. The van der Waals surface area contributed by atoms with E-state index in [4.69, 9.17) is 9.31 Å². The highest BCUT2D eigenvalue weighted by molar-refractivity contribution is 6.54. The Hall–Kier alpha value is -0.315. The normalized spacial score (nSPS) is 32.7. The summed E-state index contributed by atoms with van der Waals surface area (Å²) in [7, 11) is -0.158. The van der Waals surface area contributed by atoms with Crippen molar-refractivity contribution in [2.45, 2.75) is 58.3 Å². The van der Waals surface area contributed by atoms with Gasteiger partial charge in [-0.3, -0.25) is 0 Å². The van der Waals surface area contributed by atoms with Crippen LogP contribution in [0.4, 0.5) is 0 Å². The third-order valence-electron chi connectivity index (χ3n) is 3.90. The molecule has 0 spiro atoms. The summed E-state index contributed by atoms with van der Waals surface area (Å²) in [4.78, 5) is 0. The average Bonchev–Trinajstić information content (AvgIpc) is 2.36. The molecule has 0 aromatic rings. The molecular weight excluding hydrogens is 201 g/mol. The lowest BCUT2D eigenvalue weighted by atomic mass is 9.74. The zero-order valence-electron chi connectivity index (χ0n) is 11.0. The molecule has 0 aromatic heterocycles. The summed E-state index contributed by atoms with van der Waals surface area (Å²) in [6.45, 7) is 11.5. The van der Waals surface area contributed by atoms with Crippen molar-refractivity contribution < 1.29 is 9.31 Å². The minimum Gasteiger partial charge on any atom is -0.400 e. The number of nitrogens with one attached hydrogen (secondary N) is 1. The van der Waals surface area contributed by atoms with E-state index in [1.807, 2.05) is 0 Å². The first-order valence-corrected chi connectivity index (χ1v) is 6.11. The minimum atomic E-state index is -0.230. The van der Waals surface area contributed by atoms with E-state index in [0.717, 1.165) is 13.0 Å². The lowest BCUT2D eigenvalue weighted by Crippen LogP contribution is -2.41. The van der Waals surface area contributed by atoms with Gasteiger partial charge >= 0.3 is 7.12 Å². The fraction of sp³-hybridized carbons (Fsp3) is 0.833. The Bertz CT molecular complexity index is 296. The molecule has 2 rings (SSSR count). The van der Waals surface area contributed by atoms with Crippen LogP contribution in [0.3, 0.4) is 0 Å². The Morgan fingerprint density at radius 3 is 2.31 bits per heavy atom. The van der Waals surface area contributed by atoms with E-state index in [1.165, 1.54) is 5.47 Å². The standard InChI is InChI=1S/C12H22BNO2/c1-9-8-10(6-7-14-9)13-15-11(2,3)12(4,5)16-13/h8-9,14H,6-7H2,1-5H3/t9-/m1/s1. The third kappa shape index (κ3) is 2.06. The summed E-state index contributed by atoms with van der Waals surface area (Å²) >= 11 is 0. The zero-order chi connectivity index (χ0) is 12.0. The van der Waals surface area contributed by atoms with E-state index < -0.39 is 0 Å². The first kappa shape index (κ1) is 12.2. The van der Waals surface area contributed by atoms with E-state index in [0.29, 0.717) is 6.04 Å². The number of hydrogen-bond acceptors (Lipinski definition) is 3. The molecule has 1 atom stereocenters. The monoisotopic (exact) mass is 223 g/mol. The van der Waals surface area contributed by atoms with Crippen molar-refractivity contribution in [3.05, 3.63) is 11.5 Å². The zero-order valence-corrected chi connectivity index (χ0v) is 11.0. The smallest absolute Gasteiger partial charge is 0.400 e. The van der Waals surface area contributed by atoms with E-state index >= 15 is 0 Å². The Labute approximate surface area is 98.7 Å². The quantitative estimate of drug-likeness (QED) is 0.689. The second kappa shape index (κ2) is 3.86. The van der Waals surface area contributed by atoms with Crippen molar-refractivity contribution in [2.75, 3.05) is 6.54 Å². The van der Waals surface area contributed by atoms with Gasteiger partial charge in [0.2, 0.25) is 0 Å². The van der Waals surface area contributed by atoms with Crippen LogP contribution in [0.25, 0.3) is 0 Å². The number of rotatable bonds is 1. The summed E-state index contributed by atoms with van der Waals surface area (Å²) in [5.74, 6) is 0. The summed E-state index contributed by atoms with van der Waals surface area (Å²) in [6, 6.07) is 0.419. The van der Waals surface area contributed by atoms with Crippen LogP contribution >= 0.6 is 0 Å². The molecule has 2 aliphatic rings. The number of hydrogen-bond donors (Lipinski definition) is 1. The van der Waals surface area contributed by atoms with Crippen LogP contribution < -0.4 is 5.32 Å². The maximum Gasteiger partial charge on any atom is 0.490 e. The molecule has 1 N–H and O–H groups in total. The second-order valence-electron chi connectivity index (χ2n) is 5.82. The van der Waals surface area contributed by atoms with Crippen LogP contribution in [0.2, 0.25) is 0 Å². The van der Waals surface area contributed by atoms with Crippen molar-refractivity contribution in [2.24, 2.45) is 0 Å². The van der Waals surface area contributed by atoms with Crippen LogP contribution in [0, 0.1) is 0 Å². The van der Waals surface area contributed by atoms with Gasteiger partial charge in [0.15, 0.2) is 0 Å². The first-order chi connectivity index (χ1) is 7.32. The van der Waals surface area contributed by atoms with Crippen molar-refractivity contribution in [1.82, 2.24) is 5.32 Å². The molecule has 2 aliphatic heterocycles. The molecule has 0 aliphatic carbocycles. The topological polar surface area (TPSA) is 30.5 Å². The van der Waals surface area contributed by atoms with Crippen LogP contribution in [0.5, 0.6) is 0 Å². The van der Waals surface area contributed by atoms with Gasteiger partial charge in [0, 0.05) is 6.04 Å². The van der Waals surface area contributed by atoms with E-state index in [9.17, 15) is 0 Å². The largest absolute Gasteiger partial charge is 0.490 e. The Morgan fingerprint density at radius 2 is 1.81 bits per heavy atom. The summed E-state index contributed by atoms with van der Waals surface area (Å²) in [5, 5.41) is 3.39. The summed E-state index contributed by atoms with van der Waals surface area (Å²) in [5.41, 5.74) is 0.823. The van der Waals surface area contributed by atoms with Crippen LogP contribution in [0.15, 0.2) is 11.5 Å². The van der Waals surface area contributed by atoms with Crippen LogP contribution in [0.1, 0.15) is 41.0 Å². The highest BCUT2D eigenvalue weighted by Crippen LogP contribution is 2.39. The molecule has 0 bridgehead atoms. The van der Waals surface area contributed by atoms with Crippen molar-refractivity contribution in [3.8, 4) is 0 Å². The Balaban J connectivity index is 2.14. The predicted octanol–water partition coefficient (Wildman–Crippen LogP) is 1.93. The first-order valence-electron chi connectivity index (χ1n) is 6.11. The molecule has 0 radical (unpaired) electrons. The molecule has 0 unspecified atom stereocenters. The SMILES string of the molecule is C[C@@H]1C=C(B2OC(C)(C)C(C)(C)O2)CCN1. The minimum absolute atomic E-state index is 0.158. The molecule has 0 saturated carbocycles. The van der Waals surface area contributed by atoms with Gasteiger partial charge in [-0.1, -0.05) is 6.08 Å². The van der Waals surface area contributed by atoms with Gasteiger partial charge < -0.3 is 14.6 Å². The molecule has 2 heterocycles. The van der Waals surface area contributed by atoms with Gasteiger partial charge in [-0.05, 0) is 53.1 Å². The van der Waals surface area contributed by atoms with Crippen molar-refractivity contribution in [1.29, 1.82) is 0 Å². The van der Waals surface area contributed by atoms with Gasteiger partial charge in [0.25, 0.3) is 0 Å². The van der Waals surface area contributed by atoms with E-state index in [2.05, 4.69) is 46.0 Å². The fourth-order valence-corrected chi connectivity index (χ4v) is 2.10. The molecule has 1 saturated heterocycles. The molecule has 16 heavy (non-hydrogen) atoms. The maximum absolute atomic E-state index is 6.03. The van der Waals surface area contributed by atoms with Gasteiger partial charge in [0.05, 0.1) is 11.2 Å². The van der Waals surface area contributed by atoms with Crippen molar-refractivity contribution >= 4 is 7.12 Å². The fourth-order valence-electron chi connectivity index (χ4n) is 2.10. The molecule has 0 amide bonds. The average molecular weight is 223 g/mol. The van der Waals surface area contributed by atoms with Gasteiger partial charge in [-0.15, -0.1) is 0 Å². The molecule has 4 heteroatoms. The summed E-state index contributed by atoms with van der Waals surface area (Å²) in [6.07, 6.45) is 3.24. The van der Waals surface area contributed by atoms with Crippen LogP contribution in [-0.4, -0.2) is 30.9 Å². The Kier molecular flexibility index (Phi) is 2.93. The lowest BCUT2D eigenvalue weighted by molar-refractivity contribution is 0.00578. The molecule has 3 nitrogen and oxygen atoms in total. The van der Waals surface area contributed by atoms with E-state index in [1.54, 1.807) is 0 Å². The van der Waals surface area contributed by atoms with Gasteiger partial charge in [0.1, 0.15) is 0 Å². The lowest BCUT2D eigenvalue weighted by Gasteiger charge is -2.32. The van der Waals surface area contributed by atoms with Gasteiger partial charge in [-0.25, -0.2) is 0 Å². The highest BCUT2D eigenvalue weighted by atomic mass is 16.7.